The van der Waals surface area contributed by atoms with Crippen molar-refractivity contribution in [1.82, 2.24) is 4.90 Å². The van der Waals surface area contributed by atoms with E-state index in [1.54, 1.807) is 19.0 Å². The Bertz CT molecular complexity index is 178. The smallest absolute Gasteiger partial charge is 0.308 e. The molecule has 0 aliphatic rings. The topological polar surface area (TPSA) is 77.8 Å². The molecule has 0 aliphatic heterocycles. The van der Waals surface area contributed by atoms with Crippen molar-refractivity contribution >= 4 is 11.9 Å². The fourth-order valence-corrected chi connectivity index (χ4v) is 0.882. The molecule has 1 unspecified atom stereocenters. The van der Waals surface area contributed by atoms with Gasteiger partial charge in [-0.15, -0.1) is 0 Å². The summed E-state index contributed by atoms with van der Waals surface area (Å²) in [6.45, 7) is 0.252. The lowest BCUT2D eigenvalue weighted by Crippen LogP contribution is -2.29. The van der Waals surface area contributed by atoms with Gasteiger partial charge in [0, 0.05) is 6.54 Å². The van der Waals surface area contributed by atoms with Crippen molar-refractivity contribution in [2.24, 2.45) is 5.92 Å². The number of carboxylic acid groups (broad SMARTS) is 2. The summed E-state index contributed by atoms with van der Waals surface area (Å²) in [6.07, 6.45) is -0.326. The van der Waals surface area contributed by atoms with Crippen LogP contribution in [-0.2, 0) is 9.59 Å². The van der Waals surface area contributed by atoms with Gasteiger partial charge in [0.2, 0.25) is 0 Å². The monoisotopic (exact) mass is 175 g/mol. The van der Waals surface area contributed by atoms with Crippen molar-refractivity contribution in [2.45, 2.75) is 6.42 Å². The fraction of sp³-hybridized carbons (Fsp3) is 0.714. The van der Waals surface area contributed by atoms with Gasteiger partial charge in [-0.1, -0.05) is 0 Å². The molecule has 0 saturated carbocycles. The molecule has 0 aromatic carbocycles. The summed E-state index contributed by atoms with van der Waals surface area (Å²) in [5, 5.41) is 16.9. The Morgan fingerprint density at radius 3 is 2.08 bits per heavy atom. The van der Waals surface area contributed by atoms with Crippen LogP contribution in [0.15, 0.2) is 0 Å². The van der Waals surface area contributed by atoms with Gasteiger partial charge in [0.1, 0.15) is 0 Å². The normalized spacial score (nSPS) is 12.9. The molecule has 0 bridgehead atoms. The number of aliphatic carboxylic acids is 2. The maximum Gasteiger partial charge on any atom is 0.308 e. The molecular formula is C7H13NO4. The molecule has 5 heteroatoms. The third kappa shape index (κ3) is 4.68. The van der Waals surface area contributed by atoms with Crippen molar-refractivity contribution in [3.8, 4) is 0 Å². The van der Waals surface area contributed by atoms with Crippen LogP contribution < -0.4 is 0 Å². The standard InChI is InChI=1S/C7H13NO4/c1-8(2)4-5(7(11)12)3-6(9)10/h5H,3-4H2,1-2H3,(H,9,10)(H,11,12). The van der Waals surface area contributed by atoms with Gasteiger partial charge in [-0.2, -0.15) is 0 Å². The van der Waals surface area contributed by atoms with Crippen LogP contribution in [0, 0.1) is 5.92 Å². The third-order valence-electron chi connectivity index (χ3n) is 1.36. The molecular weight excluding hydrogens is 162 g/mol. The molecule has 70 valence electrons. The van der Waals surface area contributed by atoms with Crippen LogP contribution in [-0.4, -0.2) is 47.7 Å². The highest BCUT2D eigenvalue weighted by Crippen LogP contribution is 2.04. The van der Waals surface area contributed by atoms with Gasteiger partial charge < -0.3 is 15.1 Å². The van der Waals surface area contributed by atoms with Gasteiger partial charge in [-0.05, 0) is 14.1 Å². The van der Waals surface area contributed by atoms with E-state index < -0.39 is 17.9 Å². The summed E-state index contributed by atoms with van der Waals surface area (Å²) in [5.74, 6) is -2.96. The van der Waals surface area contributed by atoms with Gasteiger partial charge >= 0.3 is 11.9 Å². The summed E-state index contributed by atoms with van der Waals surface area (Å²) in [4.78, 5) is 22.3. The van der Waals surface area contributed by atoms with Crippen LogP contribution >= 0.6 is 0 Å². The van der Waals surface area contributed by atoms with Gasteiger partial charge in [0.25, 0.3) is 0 Å². The average molecular weight is 175 g/mol. The predicted molar refractivity (Wildman–Crippen MR) is 41.9 cm³/mol. The lowest BCUT2D eigenvalue weighted by Gasteiger charge is -2.14. The maximum absolute atomic E-state index is 10.5. The minimum Gasteiger partial charge on any atom is -0.481 e. The highest BCUT2D eigenvalue weighted by Gasteiger charge is 2.21. The molecule has 1 atom stereocenters. The summed E-state index contributed by atoms with van der Waals surface area (Å²) in [6, 6.07) is 0. The number of carboxylic acids is 2. The van der Waals surface area contributed by atoms with E-state index in [-0.39, 0.29) is 13.0 Å². The highest BCUT2D eigenvalue weighted by atomic mass is 16.4. The molecule has 0 rings (SSSR count). The summed E-state index contributed by atoms with van der Waals surface area (Å²) < 4.78 is 0. The SMILES string of the molecule is CN(C)CC(CC(=O)O)C(=O)O. The molecule has 0 spiro atoms. The number of hydrogen-bond donors (Lipinski definition) is 2. The molecule has 0 amide bonds. The van der Waals surface area contributed by atoms with E-state index in [0.717, 1.165) is 0 Å². The van der Waals surface area contributed by atoms with Crippen LogP contribution in [0.1, 0.15) is 6.42 Å². The second-order valence-corrected chi connectivity index (χ2v) is 2.90. The zero-order valence-electron chi connectivity index (χ0n) is 7.15. The lowest BCUT2D eigenvalue weighted by atomic mass is 10.1. The van der Waals surface area contributed by atoms with Crippen molar-refractivity contribution in [3.63, 3.8) is 0 Å². The van der Waals surface area contributed by atoms with Crippen LogP contribution in [0.4, 0.5) is 0 Å². The average Bonchev–Trinajstić information content (AvgIpc) is 1.83. The first-order chi connectivity index (χ1) is 5.43. The van der Waals surface area contributed by atoms with E-state index in [1.807, 2.05) is 0 Å². The summed E-state index contributed by atoms with van der Waals surface area (Å²) in [5.41, 5.74) is 0. The van der Waals surface area contributed by atoms with E-state index >= 15 is 0 Å². The Morgan fingerprint density at radius 2 is 1.83 bits per heavy atom. The van der Waals surface area contributed by atoms with E-state index in [4.69, 9.17) is 10.2 Å². The number of rotatable bonds is 5. The van der Waals surface area contributed by atoms with E-state index in [1.165, 1.54) is 0 Å². The number of carbonyl (C=O) groups is 2. The van der Waals surface area contributed by atoms with Crippen LogP contribution in [0.3, 0.4) is 0 Å². The Hall–Kier alpha value is -1.10. The van der Waals surface area contributed by atoms with Crippen LogP contribution in [0.5, 0.6) is 0 Å². The Kier molecular flexibility index (Phi) is 4.28. The first-order valence-electron chi connectivity index (χ1n) is 3.52. The molecule has 12 heavy (non-hydrogen) atoms. The van der Waals surface area contributed by atoms with E-state index in [0.29, 0.717) is 0 Å². The summed E-state index contributed by atoms with van der Waals surface area (Å²) in [7, 11) is 3.41. The van der Waals surface area contributed by atoms with Crippen LogP contribution in [0.2, 0.25) is 0 Å². The Balaban J connectivity index is 4.04. The second-order valence-electron chi connectivity index (χ2n) is 2.90. The van der Waals surface area contributed by atoms with Gasteiger partial charge in [-0.3, -0.25) is 9.59 Å². The van der Waals surface area contributed by atoms with Crippen molar-refractivity contribution in [3.05, 3.63) is 0 Å². The largest absolute Gasteiger partial charge is 0.481 e. The molecule has 0 heterocycles. The zero-order valence-corrected chi connectivity index (χ0v) is 7.15. The highest BCUT2D eigenvalue weighted by molar-refractivity contribution is 5.77. The number of hydrogen-bond acceptors (Lipinski definition) is 3. The molecule has 0 fully saturated rings. The first kappa shape index (κ1) is 10.9. The summed E-state index contributed by atoms with van der Waals surface area (Å²) >= 11 is 0. The maximum atomic E-state index is 10.5. The molecule has 5 nitrogen and oxygen atoms in total. The lowest BCUT2D eigenvalue weighted by molar-refractivity contribution is -0.148. The predicted octanol–water partition coefficient (Wildman–Crippen LogP) is -0.277. The van der Waals surface area contributed by atoms with E-state index in [9.17, 15) is 9.59 Å². The van der Waals surface area contributed by atoms with Gasteiger partial charge in [0.05, 0.1) is 12.3 Å². The zero-order chi connectivity index (χ0) is 9.72. The minimum atomic E-state index is -1.08. The van der Waals surface area contributed by atoms with E-state index in [2.05, 4.69) is 0 Å². The number of nitrogens with zero attached hydrogens (tertiary/aromatic N) is 1. The molecule has 0 aromatic rings. The first-order valence-corrected chi connectivity index (χ1v) is 3.52. The molecule has 2 N–H and O–H groups in total. The molecule has 0 saturated heterocycles. The molecule has 0 aromatic heterocycles. The van der Waals surface area contributed by atoms with Crippen molar-refractivity contribution in [2.75, 3.05) is 20.6 Å². The fourth-order valence-electron chi connectivity index (χ4n) is 0.882. The van der Waals surface area contributed by atoms with Crippen molar-refractivity contribution < 1.29 is 19.8 Å². The Morgan fingerprint density at radius 1 is 1.33 bits per heavy atom. The second kappa shape index (κ2) is 4.71. The van der Waals surface area contributed by atoms with Gasteiger partial charge in [-0.25, -0.2) is 0 Å². The minimum absolute atomic E-state index is 0.252. The molecule has 0 aliphatic carbocycles. The Labute approximate surface area is 70.6 Å². The van der Waals surface area contributed by atoms with Crippen LogP contribution in [0.25, 0.3) is 0 Å². The van der Waals surface area contributed by atoms with Crippen molar-refractivity contribution in [1.29, 1.82) is 0 Å². The quantitative estimate of drug-likeness (QED) is 0.601. The van der Waals surface area contributed by atoms with Gasteiger partial charge in [0.15, 0.2) is 0 Å². The third-order valence-corrected chi connectivity index (χ3v) is 1.36. The molecule has 0 radical (unpaired) electrons.